The van der Waals surface area contributed by atoms with Gasteiger partial charge in [0.1, 0.15) is 6.04 Å². The van der Waals surface area contributed by atoms with E-state index in [4.69, 9.17) is 16.6 Å². The summed E-state index contributed by atoms with van der Waals surface area (Å²) in [6, 6.07) is -0.793. The van der Waals surface area contributed by atoms with Crippen LogP contribution >= 0.6 is 45.2 Å². The molecule has 0 aliphatic carbocycles. The molecule has 0 aromatic heterocycles. The zero-order chi connectivity index (χ0) is 9.72. The predicted octanol–water partition coefficient (Wildman–Crippen LogP) is 0.354. The van der Waals surface area contributed by atoms with E-state index < -0.39 is 12.0 Å². The predicted molar refractivity (Wildman–Crippen MR) is 64.9 cm³/mol. The smallest absolute Gasteiger partial charge is 0.321 e. The van der Waals surface area contributed by atoms with E-state index in [1.54, 1.807) is 0 Å². The standard InChI is InChI=1S/C6H12I2N2O2/c7-3(1-2-9)4(8)5(10)6(11)12/h3-5H,1-2,9-10H2,(H,11,12). The van der Waals surface area contributed by atoms with E-state index in [0.717, 1.165) is 6.42 Å². The molecule has 4 nitrogen and oxygen atoms in total. The third-order valence-corrected chi connectivity index (χ3v) is 5.83. The molecule has 3 atom stereocenters. The van der Waals surface area contributed by atoms with Crippen LogP contribution in [0.4, 0.5) is 0 Å². The fourth-order valence-corrected chi connectivity index (χ4v) is 2.15. The fraction of sp³-hybridized carbons (Fsp3) is 0.833. The van der Waals surface area contributed by atoms with E-state index in [0.29, 0.717) is 6.54 Å². The Balaban J connectivity index is 3.99. The minimum Gasteiger partial charge on any atom is -0.480 e. The molecular formula is C6H12I2N2O2. The van der Waals surface area contributed by atoms with Crippen LogP contribution < -0.4 is 11.5 Å². The first-order valence-electron chi connectivity index (χ1n) is 3.47. The maximum absolute atomic E-state index is 10.5. The highest BCUT2D eigenvalue weighted by Gasteiger charge is 2.26. The van der Waals surface area contributed by atoms with Gasteiger partial charge in [0.05, 0.1) is 0 Å². The van der Waals surface area contributed by atoms with Gasteiger partial charge >= 0.3 is 5.97 Å². The van der Waals surface area contributed by atoms with E-state index in [1.165, 1.54) is 0 Å². The molecule has 5 N–H and O–H groups in total. The van der Waals surface area contributed by atoms with Crippen molar-refractivity contribution in [3.8, 4) is 0 Å². The van der Waals surface area contributed by atoms with Crippen molar-refractivity contribution in [3.05, 3.63) is 0 Å². The van der Waals surface area contributed by atoms with Crippen molar-refractivity contribution in [1.29, 1.82) is 0 Å². The molecule has 0 aromatic rings. The Morgan fingerprint density at radius 1 is 1.50 bits per heavy atom. The molecule has 0 saturated heterocycles. The summed E-state index contributed by atoms with van der Waals surface area (Å²) in [6.45, 7) is 0.569. The maximum Gasteiger partial charge on any atom is 0.321 e. The first-order valence-corrected chi connectivity index (χ1v) is 5.96. The third kappa shape index (κ3) is 4.19. The maximum atomic E-state index is 10.5. The number of hydrogen-bond donors (Lipinski definition) is 3. The normalized spacial score (nSPS) is 18.3. The molecule has 12 heavy (non-hydrogen) atoms. The van der Waals surface area contributed by atoms with Crippen molar-refractivity contribution in [2.75, 3.05) is 6.54 Å². The Bertz CT molecular complexity index is 156. The molecule has 0 amide bonds. The molecule has 0 bridgehead atoms. The number of alkyl halides is 2. The summed E-state index contributed by atoms with van der Waals surface area (Å²) < 4.78 is 0.156. The van der Waals surface area contributed by atoms with Gasteiger partial charge in [-0.1, -0.05) is 45.2 Å². The molecule has 0 saturated carbocycles. The van der Waals surface area contributed by atoms with Crippen molar-refractivity contribution in [2.45, 2.75) is 20.3 Å². The van der Waals surface area contributed by atoms with E-state index in [1.807, 2.05) is 0 Å². The summed E-state index contributed by atoms with van der Waals surface area (Å²) in [5, 5.41) is 8.61. The number of carboxylic acids is 1. The molecule has 72 valence electrons. The van der Waals surface area contributed by atoms with Crippen molar-refractivity contribution in [3.63, 3.8) is 0 Å². The number of aliphatic carboxylic acids is 1. The second-order valence-corrected chi connectivity index (χ2v) is 5.44. The van der Waals surface area contributed by atoms with Crippen LogP contribution in [0.25, 0.3) is 0 Å². The van der Waals surface area contributed by atoms with Crippen LogP contribution in [0.15, 0.2) is 0 Å². The minimum absolute atomic E-state index is 0.0655. The molecule has 0 fully saturated rings. The lowest BCUT2D eigenvalue weighted by Crippen LogP contribution is -2.43. The molecule has 0 aliphatic heterocycles. The van der Waals surface area contributed by atoms with Crippen LogP contribution in [0, 0.1) is 0 Å². The molecular weight excluding hydrogens is 386 g/mol. The highest BCUT2D eigenvalue weighted by atomic mass is 127. The SMILES string of the molecule is NCCC(I)C(I)C(N)C(=O)O. The number of rotatable bonds is 5. The van der Waals surface area contributed by atoms with Crippen LogP contribution in [0.5, 0.6) is 0 Å². The van der Waals surface area contributed by atoms with Crippen molar-refractivity contribution in [1.82, 2.24) is 0 Å². The van der Waals surface area contributed by atoms with Crippen molar-refractivity contribution in [2.24, 2.45) is 11.5 Å². The topological polar surface area (TPSA) is 89.3 Å². The highest BCUT2D eigenvalue weighted by molar-refractivity contribution is 14.1. The van der Waals surface area contributed by atoms with E-state index in [2.05, 4.69) is 45.2 Å². The third-order valence-electron chi connectivity index (χ3n) is 1.42. The molecule has 0 radical (unpaired) electrons. The zero-order valence-corrected chi connectivity index (χ0v) is 10.7. The van der Waals surface area contributed by atoms with Gasteiger partial charge in [-0.05, 0) is 13.0 Å². The first kappa shape index (κ1) is 12.8. The lowest BCUT2D eigenvalue weighted by molar-refractivity contribution is -0.138. The molecule has 6 heteroatoms. The van der Waals surface area contributed by atoms with E-state index in [9.17, 15) is 4.79 Å². The van der Waals surface area contributed by atoms with E-state index in [-0.39, 0.29) is 7.85 Å². The number of carboxylic acid groups (broad SMARTS) is 1. The van der Waals surface area contributed by atoms with Gasteiger partial charge in [-0.25, -0.2) is 0 Å². The molecule has 0 spiro atoms. The Morgan fingerprint density at radius 2 is 2.00 bits per heavy atom. The van der Waals surface area contributed by atoms with Gasteiger partial charge in [0.2, 0.25) is 0 Å². The second kappa shape index (κ2) is 6.33. The summed E-state index contributed by atoms with van der Waals surface area (Å²) in [4.78, 5) is 10.5. The Hall–Kier alpha value is 0.850. The molecule has 0 heterocycles. The van der Waals surface area contributed by atoms with Crippen molar-refractivity contribution >= 4 is 51.2 Å². The molecule has 3 unspecified atom stereocenters. The van der Waals surface area contributed by atoms with Gasteiger partial charge in [0, 0.05) is 7.85 Å². The minimum atomic E-state index is -0.951. The number of nitrogens with two attached hydrogens (primary N) is 2. The van der Waals surface area contributed by atoms with Gasteiger partial charge in [-0.15, -0.1) is 0 Å². The quantitative estimate of drug-likeness (QED) is 0.461. The highest BCUT2D eigenvalue weighted by Crippen LogP contribution is 2.20. The average Bonchev–Trinajstić information content (AvgIpc) is 2.02. The lowest BCUT2D eigenvalue weighted by Gasteiger charge is -2.19. The van der Waals surface area contributed by atoms with Crippen LogP contribution in [0.3, 0.4) is 0 Å². The van der Waals surface area contributed by atoms with E-state index >= 15 is 0 Å². The fourth-order valence-electron chi connectivity index (χ4n) is 0.680. The second-order valence-electron chi connectivity index (χ2n) is 2.40. The van der Waals surface area contributed by atoms with Crippen LogP contribution in [0.1, 0.15) is 6.42 Å². The van der Waals surface area contributed by atoms with Gasteiger partial charge < -0.3 is 16.6 Å². The average molecular weight is 398 g/mol. The van der Waals surface area contributed by atoms with Crippen molar-refractivity contribution < 1.29 is 9.90 Å². The molecule has 0 rings (SSSR count). The van der Waals surface area contributed by atoms with Gasteiger partial charge in [-0.3, -0.25) is 4.79 Å². The Morgan fingerprint density at radius 3 is 2.33 bits per heavy atom. The molecule has 0 aliphatic rings. The van der Waals surface area contributed by atoms with Crippen LogP contribution in [-0.4, -0.2) is 31.5 Å². The largest absolute Gasteiger partial charge is 0.480 e. The zero-order valence-electron chi connectivity index (χ0n) is 6.41. The summed E-state index contributed by atoms with van der Waals surface area (Å²) in [7, 11) is 0. The summed E-state index contributed by atoms with van der Waals surface area (Å²) in [5.74, 6) is -0.951. The summed E-state index contributed by atoms with van der Waals surface area (Å²) >= 11 is 4.25. The Kier molecular flexibility index (Phi) is 6.77. The van der Waals surface area contributed by atoms with Crippen LogP contribution in [-0.2, 0) is 4.79 Å². The number of halogens is 2. The van der Waals surface area contributed by atoms with Gasteiger partial charge in [-0.2, -0.15) is 0 Å². The monoisotopic (exact) mass is 398 g/mol. The van der Waals surface area contributed by atoms with Gasteiger partial charge in [0.25, 0.3) is 0 Å². The first-order chi connectivity index (χ1) is 5.50. The summed E-state index contributed by atoms with van der Waals surface area (Å²) in [6.07, 6.45) is 0.801. The van der Waals surface area contributed by atoms with Crippen LogP contribution in [0.2, 0.25) is 0 Å². The number of carbonyl (C=O) groups is 1. The van der Waals surface area contributed by atoms with Gasteiger partial charge in [0.15, 0.2) is 0 Å². The molecule has 0 aromatic carbocycles. The Labute approximate surface area is 98.7 Å². The lowest BCUT2D eigenvalue weighted by atomic mass is 10.1. The number of hydrogen-bond acceptors (Lipinski definition) is 3. The summed E-state index contributed by atoms with van der Waals surface area (Å²) in [5.41, 5.74) is 10.8.